The molecule has 1 atom stereocenters. The Balaban J connectivity index is 1.66. The molecule has 1 N–H and O–H groups in total. The van der Waals surface area contributed by atoms with Gasteiger partial charge in [-0.3, -0.25) is 0 Å². The fourth-order valence-electron chi connectivity index (χ4n) is 2.59. The van der Waals surface area contributed by atoms with Gasteiger partial charge in [0.15, 0.2) is 0 Å². The maximum atomic E-state index is 5.96. The summed E-state index contributed by atoms with van der Waals surface area (Å²) >= 11 is 3.50. The first kappa shape index (κ1) is 14.3. The number of ether oxygens (including phenoxy) is 2. The van der Waals surface area contributed by atoms with Gasteiger partial charge in [0, 0.05) is 10.9 Å². The number of methoxy groups -OCH3 is 1. The van der Waals surface area contributed by atoms with Crippen LogP contribution in [0.4, 0.5) is 5.69 Å². The summed E-state index contributed by atoms with van der Waals surface area (Å²) in [5.41, 5.74) is 3.48. The Hall–Kier alpha value is -1.68. The molecule has 0 bridgehead atoms. The number of halogens is 1. The molecule has 1 heterocycles. The molecule has 0 saturated carbocycles. The minimum absolute atomic E-state index is 0.152. The molecule has 0 radical (unpaired) electrons. The van der Waals surface area contributed by atoms with E-state index in [-0.39, 0.29) is 6.10 Å². The minimum Gasteiger partial charge on any atom is -0.495 e. The van der Waals surface area contributed by atoms with E-state index in [0.717, 1.165) is 34.6 Å². The fourth-order valence-corrected chi connectivity index (χ4v) is 3.00. The van der Waals surface area contributed by atoms with E-state index in [1.54, 1.807) is 7.11 Å². The van der Waals surface area contributed by atoms with Gasteiger partial charge in [0.1, 0.15) is 17.6 Å². The standard InChI is InChI=1S/C17H18BrNO2/c1-11-3-5-17(20-2)15(7-11)19-10-14-9-12-8-13(18)4-6-16(12)21-14/h3-8,14,19H,9-10H2,1-2H3. The molecule has 0 spiro atoms. The predicted molar refractivity (Wildman–Crippen MR) is 88.5 cm³/mol. The highest BCUT2D eigenvalue weighted by molar-refractivity contribution is 9.10. The van der Waals surface area contributed by atoms with Crippen molar-refractivity contribution in [2.24, 2.45) is 0 Å². The van der Waals surface area contributed by atoms with E-state index in [2.05, 4.69) is 40.3 Å². The first-order chi connectivity index (χ1) is 10.2. The number of fused-ring (bicyclic) bond motifs is 1. The van der Waals surface area contributed by atoms with E-state index in [1.807, 2.05) is 24.3 Å². The second-order valence-electron chi connectivity index (χ2n) is 5.28. The molecule has 21 heavy (non-hydrogen) atoms. The third kappa shape index (κ3) is 3.16. The van der Waals surface area contributed by atoms with Crippen molar-refractivity contribution < 1.29 is 9.47 Å². The maximum absolute atomic E-state index is 5.96. The fraction of sp³-hybridized carbons (Fsp3) is 0.294. The molecular weight excluding hydrogens is 330 g/mol. The topological polar surface area (TPSA) is 30.5 Å². The van der Waals surface area contributed by atoms with Crippen molar-refractivity contribution in [1.82, 2.24) is 0 Å². The van der Waals surface area contributed by atoms with Crippen molar-refractivity contribution in [1.29, 1.82) is 0 Å². The van der Waals surface area contributed by atoms with Crippen molar-refractivity contribution in [2.45, 2.75) is 19.4 Å². The van der Waals surface area contributed by atoms with Crippen LogP contribution in [0.3, 0.4) is 0 Å². The van der Waals surface area contributed by atoms with Crippen molar-refractivity contribution in [2.75, 3.05) is 19.0 Å². The first-order valence-corrected chi connectivity index (χ1v) is 7.78. The summed E-state index contributed by atoms with van der Waals surface area (Å²) in [5, 5.41) is 3.43. The zero-order chi connectivity index (χ0) is 14.8. The van der Waals surface area contributed by atoms with Crippen LogP contribution in [0.5, 0.6) is 11.5 Å². The van der Waals surface area contributed by atoms with Gasteiger partial charge < -0.3 is 14.8 Å². The Labute approximate surface area is 133 Å². The van der Waals surface area contributed by atoms with Crippen molar-refractivity contribution in [3.8, 4) is 11.5 Å². The lowest BCUT2D eigenvalue weighted by Gasteiger charge is -2.15. The van der Waals surface area contributed by atoms with Gasteiger partial charge in [-0.2, -0.15) is 0 Å². The molecular formula is C17H18BrNO2. The second-order valence-corrected chi connectivity index (χ2v) is 6.20. The Morgan fingerprint density at radius 1 is 1.29 bits per heavy atom. The van der Waals surface area contributed by atoms with Gasteiger partial charge in [0.05, 0.1) is 19.3 Å². The van der Waals surface area contributed by atoms with Gasteiger partial charge in [-0.25, -0.2) is 0 Å². The molecule has 1 unspecified atom stereocenters. The van der Waals surface area contributed by atoms with Gasteiger partial charge in [-0.05, 0) is 48.4 Å². The molecule has 3 rings (SSSR count). The lowest BCUT2D eigenvalue weighted by atomic mass is 10.1. The molecule has 1 aliphatic rings. The number of hydrogen-bond acceptors (Lipinski definition) is 3. The molecule has 0 aliphatic carbocycles. The molecule has 0 amide bonds. The van der Waals surface area contributed by atoms with E-state index in [4.69, 9.17) is 9.47 Å². The number of aryl methyl sites for hydroxylation is 1. The first-order valence-electron chi connectivity index (χ1n) is 6.99. The largest absolute Gasteiger partial charge is 0.495 e. The monoisotopic (exact) mass is 347 g/mol. The summed E-state index contributed by atoms with van der Waals surface area (Å²) in [7, 11) is 1.69. The zero-order valence-electron chi connectivity index (χ0n) is 12.2. The molecule has 4 heteroatoms. The van der Waals surface area contributed by atoms with E-state index < -0.39 is 0 Å². The predicted octanol–water partition coefficient (Wildman–Crippen LogP) is 4.18. The number of anilines is 1. The van der Waals surface area contributed by atoms with Crippen LogP contribution in [0.2, 0.25) is 0 Å². The summed E-state index contributed by atoms with van der Waals surface area (Å²) < 4.78 is 12.4. The van der Waals surface area contributed by atoms with E-state index in [9.17, 15) is 0 Å². The van der Waals surface area contributed by atoms with Crippen molar-refractivity contribution in [3.63, 3.8) is 0 Å². The molecule has 0 fully saturated rings. The maximum Gasteiger partial charge on any atom is 0.141 e. The van der Waals surface area contributed by atoms with Crippen molar-refractivity contribution in [3.05, 3.63) is 52.0 Å². The van der Waals surface area contributed by atoms with Gasteiger partial charge in [0.25, 0.3) is 0 Å². The Kier molecular flexibility index (Phi) is 4.06. The van der Waals surface area contributed by atoms with Crippen LogP contribution in [0.15, 0.2) is 40.9 Å². The van der Waals surface area contributed by atoms with Crippen LogP contribution in [0, 0.1) is 6.92 Å². The Morgan fingerprint density at radius 2 is 2.14 bits per heavy atom. The summed E-state index contributed by atoms with van der Waals surface area (Å²) in [6.45, 7) is 2.83. The van der Waals surface area contributed by atoms with Crippen LogP contribution < -0.4 is 14.8 Å². The normalized spacial score (nSPS) is 16.2. The van der Waals surface area contributed by atoms with Crippen LogP contribution >= 0.6 is 15.9 Å². The zero-order valence-corrected chi connectivity index (χ0v) is 13.7. The molecule has 2 aromatic rings. The quantitative estimate of drug-likeness (QED) is 0.899. The minimum atomic E-state index is 0.152. The molecule has 110 valence electrons. The lowest BCUT2D eigenvalue weighted by molar-refractivity contribution is 0.246. The van der Waals surface area contributed by atoms with Crippen LogP contribution in [0.25, 0.3) is 0 Å². The van der Waals surface area contributed by atoms with E-state index in [0.29, 0.717) is 0 Å². The summed E-state index contributed by atoms with van der Waals surface area (Å²) in [6.07, 6.45) is 1.08. The highest BCUT2D eigenvalue weighted by atomic mass is 79.9. The van der Waals surface area contributed by atoms with Gasteiger partial charge in [-0.1, -0.05) is 22.0 Å². The molecule has 2 aromatic carbocycles. The third-order valence-corrected chi connectivity index (χ3v) is 4.13. The molecule has 1 aliphatic heterocycles. The number of hydrogen-bond donors (Lipinski definition) is 1. The number of benzene rings is 2. The summed E-state index contributed by atoms with van der Waals surface area (Å²) in [6, 6.07) is 12.3. The number of nitrogens with one attached hydrogen (secondary N) is 1. The summed E-state index contributed by atoms with van der Waals surface area (Å²) in [4.78, 5) is 0. The Morgan fingerprint density at radius 3 is 2.95 bits per heavy atom. The van der Waals surface area contributed by atoms with Crippen LogP contribution in [-0.2, 0) is 6.42 Å². The molecule has 3 nitrogen and oxygen atoms in total. The van der Waals surface area contributed by atoms with Crippen LogP contribution in [0.1, 0.15) is 11.1 Å². The second kappa shape index (κ2) is 5.98. The van der Waals surface area contributed by atoms with E-state index >= 15 is 0 Å². The van der Waals surface area contributed by atoms with Crippen LogP contribution in [-0.4, -0.2) is 19.8 Å². The third-order valence-electron chi connectivity index (χ3n) is 3.64. The SMILES string of the molecule is COc1ccc(C)cc1NCC1Cc2cc(Br)ccc2O1. The molecule has 0 aromatic heterocycles. The summed E-state index contributed by atoms with van der Waals surface area (Å²) in [5.74, 6) is 1.85. The number of rotatable bonds is 4. The van der Waals surface area contributed by atoms with Gasteiger partial charge in [-0.15, -0.1) is 0 Å². The van der Waals surface area contributed by atoms with Gasteiger partial charge in [0.2, 0.25) is 0 Å². The van der Waals surface area contributed by atoms with Crippen molar-refractivity contribution >= 4 is 21.6 Å². The highest BCUT2D eigenvalue weighted by Gasteiger charge is 2.23. The lowest BCUT2D eigenvalue weighted by Crippen LogP contribution is -2.24. The Bertz CT molecular complexity index is 657. The van der Waals surface area contributed by atoms with Gasteiger partial charge >= 0.3 is 0 Å². The average molecular weight is 348 g/mol. The average Bonchev–Trinajstić information content (AvgIpc) is 2.87. The highest BCUT2D eigenvalue weighted by Crippen LogP contribution is 2.32. The molecule has 0 saturated heterocycles. The smallest absolute Gasteiger partial charge is 0.141 e. The van der Waals surface area contributed by atoms with E-state index in [1.165, 1.54) is 11.1 Å².